The minimum Gasteiger partial charge on any atom is -0.456 e. The third kappa shape index (κ3) is 2.99. The quantitative estimate of drug-likeness (QED) is 0.225. The Labute approximate surface area is 232 Å². The van der Waals surface area contributed by atoms with Crippen LogP contribution < -0.4 is 4.74 Å². The molecule has 2 nitrogen and oxygen atoms in total. The Morgan fingerprint density at radius 1 is 0.575 bits per heavy atom. The average molecular weight is 512 g/mol. The predicted octanol–water partition coefficient (Wildman–Crippen LogP) is 10.5. The van der Waals surface area contributed by atoms with Gasteiger partial charge in [-0.3, -0.25) is 0 Å². The van der Waals surface area contributed by atoms with Gasteiger partial charge in [-0.1, -0.05) is 115 Å². The first-order valence-electron chi connectivity index (χ1n) is 14.0. The number of rotatable bonds is 2. The van der Waals surface area contributed by atoms with Crippen molar-refractivity contribution in [3.8, 4) is 22.6 Å². The maximum atomic E-state index is 6.37. The topological polar surface area (TPSA) is 14.2 Å². The summed E-state index contributed by atoms with van der Waals surface area (Å²) in [4.78, 5) is 0. The molecule has 2 heteroatoms. The number of aromatic nitrogens is 1. The molecule has 0 amide bonds. The summed E-state index contributed by atoms with van der Waals surface area (Å²) < 4.78 is 8.94. The minimum absolute atomic E-state index is 0.205. The maximum absolute atomic E-state index is 6.37. The van der Waals surface area contributed by atoms with Crippen molar-refractivity contribution in [1.82, 2.24) is 4.57 Å². The second-order valence-electron chi connectivity index (χ2n) is 10.8. The second kappa shape index (κ2) is 8.21. The van der Waals surface area contributed by atoms with E-state index in [4.69, 9.17) is 4.74 Å². The highest BCUT2D eigenvalue weighted by molar-refractivity contribution is 6.18. The van der Waals surface area contributed by atoms with Gasteiger partial charge in [-0.25, -0.2) is 0 Å². The zero-order valence-electron chi connectivity index (χ0n) is 21.8. The summed E-state index contributed by atoms with van der Waals surface area (Å²) in [5.74, 6) is 1.85. The highest BCUT2D eigenvalue weighted by Gasteiger charge is 2.24. The molecule has 1 aromatic heterocycles. The monoisotopic (exact) mass is 511 g/mol. The van der Waals surface area contributed by atoms with Gasteiger partial charge in [0.1, 0.15) is 11.5 Å². The third-order valence-corrected chi connectivity index (χ3v) is 8.68. The Balaban J connectivity index is 1.28. The summed E-state index contributed by atoms with van der Waals surface area (Å²) >= 11 is 0. The molecule has 1 aliphatic heterocycles. The number of fused-ring (bicyclic) bond motifs is 7. The molecule has 40 heavy (non-hydrogen) atoms. The fourth-order valence-electron chi connectivity index (χ4n) is 6.97. The van der Waals surface area contributed by atoms with E-state index in [1.54, 1.807) is 0 Å². The molecule has 1 atom stereocenters. The molecule has 6 aromatic carbocycles. The van der Waals surface area contributed by atoms with Gasteiger partial charge in [0.2, 0.25) is 0 Å². The lowest BCUT2D eigenvalue weighted by atomic mass is 9.88. The molecule has 188 valence electrons. The van der Waals surface area contributed by atoms with Crippen molar-refractivity contribution in [3.05, 3.63) is 139 Å². The van der Waals surface area contributed by atoms with Crippen molar-refractivity contribution in [3.63, 3.8) is 0 Å². The summed E-state index contributed by atoms with van der Waals surface area (Å²) in [6.07, 6.45) is 8.06. The third-order valence-electron chi connectivity index (χ3n) is 8.68. The van der Waals surface area contributed by atoms with Gasteiger partial charge in [-0.05, 0) is 52.1 Å². The number of allylic oxidation sites excluding steroid dienone is 4. The normalized spacial score (nSPS) is 15.9. The lowest BCUT2D eigenvalue weighted by Crippen LogP contribution is -2.09. The van der Waals surface area contributed by atoms with Gasteiger partial charge in [0.25, 0.3) is 0 Å². The van der Waals surface area contributed by atoms with Crippen LogP contribution in [0, 0.1) is 0 Å². The van der Waals surface area contributed by atoms with E-state index in [-0.39, 0.29) is 6.04 Å². The Morgan fingerprint density at radius 2 is 1.38 bits per heavy atom. The lowest BCUT2D eigenvalue weighted by molar-refractivity contribution is 0.487. The fourth-order valence-corrected chi connectivity index (χ4v) is 6.97. The smallest absolute Gasteiger partial charge is 0.135 e. The van der Waals surface area contributed by atoms with Crippen LogP contribution in [0.5, 0.6) is 11.5 Å². The van der Waals surface area contributed by atoms with Crippen molar-refractivity contribution in [1.29, 1.82) is 0 Å². The molecule has 7 aromatic rings. The van der Waals surface area contributed by atoms with Crippen LogP contribution in [0.15, 0.2) is 133 Å². The summed E-state index contributed by atoms with van der Waals surface area (Å²) in [5, 5.41) is 7.63. The summed E-state index contributed by atoms with van der Waals surface area (Å²) in [7, 11) is 0. The minimum atomic E-state index is 0.205. The van der Waals surface area contributed by atoms with Crippen LogP contribution in [0.4, 0.5) is 0 Å². The van der Waals surface area contributed by atoms with Crippen LogP contribution >= 0.6 is 0 Å². The molecule has 0 fully saturated rings. The van der Waals surface area contributed by atoms with Crippen LogP contribution in [-0.2, 0) is 0 Å². The largest absolute Gasteiger partial charge is 0.456 e. The Morgan fingerprint density at radius 3 is 2.35 bits per heavy atom. The highest BCUT2D eigenvalue weighted by Crippen LogP contribution is 2.48. The fraction of sp³-hybridized carbons (Fsp3) is 0.0526. The van der Waals surface area contributed by atoms with Gasteiger partial charge < -0.3 is 9.30 Å². The van der Waals surface area contributed by atoms with Crippen molar-refractivity contribution in [2.45, 2.75) is 12.5 Å². The van der Waals surface area contributed by atoms with E-state index < -0.39 is 0 Å². The molecule has 9 rings (SSSR count). The van der Waals surface area contributed by atoms with Crippen LogP contribution in [0.2, 0.25) is 0 Å². The van der Waals surface area contributed by atoms with Gasteiger partial charge in [0.15, 0.2) is 0 Å². The van der Waals surface area contributed by atoms with E-state index in [1.165, 1.54) is 60.1 Å². The average Bonchev–Trinajstić information content (AvgIpc) is 3.36. The first kappa shape index (κ1) is 21.8. The number of nitrogens with zero attached hydrogens (tertiary/aromatic N) is 1. The molecule has 0 radical (unpaired) electrons. The van der Waals surface area contributed by atoms with E-state index >= 15 is 0 Å². The summed E-state index contributed by atoms with van der Waals surface area (Å²) in [5.41, 5.74) is 7.49. The molecule has 0 bridgehead atoms. The lowest BCUT2D eigenvalue weighted by Gasteiger charge is -2.25. The molecule has 1 aliphatic carbocycles. The van der Waals surface area contributed by atoms with Crippen LogP contribution in [0.3, 0.4) is 0 Å². The zero-order valence-corrected chi connectivity index (χ0v) is 21.8. The van der Waals surface area contributed by atoms with Gasteiger partial charge >= 0.3 is 0 Å². The Hall–Kier alpha value is -5.08. The molecule has 0 spiro atoms. The SMILES string of the molecule is C1=CC(c2ccc3c4c(cccc24)-c2ccccc2O3)=CC(n2c3ccccc3c3ccc4ccccc4c32)C1. The maximum Gasteiger partial charge on any atom is 0.135 e. The van der Waals surface area contributed by atoms with Crippen molar-refractivity contribution in [2.75, 3.05) is 0 Å². The van der Waals surface area contributed by atoms with Crippen molar-refractivity contribution in [2.24, 2.45) is 0 Å². The van der Waals surface area contributed by atoms with Crippen LogP contribution in [0.25, 0.3) is 60.1 Å². The van der Waals surface area contributed by atoms with Gasteiger partial charge in [-0.15, -0.1) is 0 Å². The van der Waals surface area contributed by atoms with Gasteiger partial charge in [0.05, 0.1) is 11.6 Å². The zero-order chi connectivity index (χ0) is 26.2. The van der Waals surface area contributed by atoms with E-state index in [2.05, 4.69) is 132 Å². The predicted molar refractivity (Wildman–Crippen MR) is 167 cm³/mol. The van der Waals surface area contributed by atoms with Crippen molar-refractivity contribution < 1.29 is 4.74 Å². The molecule has 2 aliphatic rings. The molecular weight excluding hydrogens is 486 g/mol. The standard InChI is InChI=1S/C38H25NO/c1-2-12-28-24(9-1)19-20-33-29-13-3-5-17-34(29)39(38(28)33)26-11-7-10-25(23-26)27-21-22-36-37-31(27)15-8-16-32(37)30-14-4-6-18-35(30)40-36/h1-10,12-23,26H,11H2. The van der Waals surface area contributed by atoms with Gasteiger partial charge in [-0.2, -0.15) is 0 Å². The van der Waals surface area contributed by atoms with Gasteiger partial charge in [0, 0.05) is 32.6 Å². The molecule has 1 unspecified atom stereocenters. The van der Waals surface area contributed by atoms with E-state index in [0.29, 0.717) is 0 Å². The van der Waals surface area contributed by atoms with Crippen molar-refractivity contribution >= 4 is 48.9 Å². The molecule has 0 saturated heterocycles. The molecule has 2 heterocycles. The summed E-state index contributed by atoms with van der Waals surface area (Å²) in [6.45, 7) is 0. The first-order chi connectivity index (χ1) is 19.8. The van der Waals surface area contributed by atoms with Crippen LogP contribution in [0.1, 0.15) is 18.0 Å². The highest BCUT2D eigenvalue weighted by atomic mass is 16.5. The number of ether oxygens (including phenoxy) is 1. The number of hydrogen-bond acceptors (Lipinski definition) is 1. The van der Waals surface area contributed by atoms with Crippen LogP contribution in [-0.4, -0.2) is 4.57 Å². The first-order valence-corrected chi connectivity index (χ1v) is 14.0. The van der Waals surface area contributed by atoms with E-state index in [0.717, 1.165) is 23.5 Å². The van der Waals surface area contributed by atoms with E-state index in [1.807, 2.05) is 6.07 Å². The second-order valence-corrected chi connectivity index (χ2v) is 10.8. The van der Waals surface area contributed by atoms with E-state index in [9.17, 15) is 0 Å². The molecular formula is C38H25NO. The molecule has 0 N–H and O–H groups in total. The Bertz CT molecular complexity index is 2230. The molecule has 0 saturated carbocycles. The number of hydrogen-bond donors (Lipinski definition) is 0. The Kier molecular flexibility index (Phi) is 4.48. The number of para-hydroxylation sites is 2. The summed E-state index contributed by atoms with van der Waals surface area (Å²) in [6, 6.07) is 41.7. The number of benzene rings is 6.